The van der Waals surface area contributed by atoms with Crippen LogP contribution in [0.4, 0.5) is 15.3 Å². The first-order chi connectivity index (χ1) is 41.0. The number of primary amides is 1. The van der Waals surface area contributed by atoms with E-state index in [1.54, 1.807) is 35.1 Å². The summed E-state index contributed by atoms with van der Waals surface area (Å²) >= 11 is 0. The van der Waals surface area contributed by atoms with Crippen molar-refractivity contribution in [3.8, 4) is 0 Å². The summed E-state index contributed by atoms with van der Waals surface area (Å²) in [6.07, 6.45) is 2.76. The number of hydrogen-bond acceptors (Lipinski definition) is 23. The molecule has 1 aromatic heterocycles. The number of carbonyl (C=O) groups excluding carboxylic acids is 5. The number of hydrogen-bond donors (Lipinski definition) is 7. The number of carbonyl (C=O) groups is 5. The van der Waals surface area contributed by atoms with Crippen molar-refractivity contribution in [3.63, 3.8) is 0 Å². The Morgan fingerprint density at radius 1 is 0.560 bits per heavy atom. The zero-order chi connectivity index (χ0) is 60.8. The van der Waals surface area contributed by atoms with E-state index in [2.05, 4.69) is 48.7 Å². The number of benzene rings is 1. The smallest absolute Gasteiger partial charge is 0.407 e. The molecular weight excluding hydrogens is 1110 g/mol. The predicted molar refractivity (Wildman–Crippen MR) is 303 cm³/mol. The van der Waals surface area contributed by atoms with Gasteiger partial charge in [0.15, 0.2) is 0 Å². The quantitative estimate of drug-likeness (QED) is 0.0353. The molecule has 0 bridgehead atoms. The van der Waals surface area contributed by atoms with Gasteiger partial charge >= 0.3 is 12.1 Å². The molecule has 0 saturated heterocycles. The van der Waals surface area contributed by atoms with Crippen molar-refractivity contribution in [1.29, 1.82) is 0 Å². The third kappa shape index (κ3) is 44.2. The molecule has 0 aliphatic rings. The number of nitrogens with zero attached hydrogens (tertiary/aromatic N) is 3. The van der Waals surface area contributed by atoms with Gasteiger partial charge in [-0.15, -0.1) is 5.10 Å². The van der Waals surface area contributed by atoms with Gasteiger partial charge < -0.3 is 98.6 Å². The van der Waals surface area contributed by atoms with E-state index in [9.17, 15) is 24.0 Å². The first-order valence-electron chi connectivity index (χ1n) is 28.6. The van der Waals surface area contributed by atoms with E-state index in [0.29, 0.717) is 195 Å². The van der Waals surface area contributed by atoms with Crippen LogP contribution in [0.25, 0.3) is 0 Å². The van der Waals surface area contributed by atoms with Gasteiger partial charge in [-0.3, -0.25) is 19.2 Å². The monoisotopic (exact) mass is 1200 g/mol. The molecule has 0 radical (unpaired) electrons. The molecule has 1 heterocycles. The molecule has 0 spiro atoms. The standard InChI is InChI=1S/C54H96N10O20/c1-4-13-70-15-17-72-19-21-74-23-25-76-27-29-78-31-33-80-35-37-82-38-36-81-34-32-79-30-28-77-26-24-75-22-20-73-18-16-71-14-12-64-41-47(62-63-64)40-58-54(69)83-42-45-7-9-46(10-8-45)59-51(66)48(6-5-11-57-53(55)68)61-52(67)49(39-44(2)3)60-50(65)43-84-56/h7-10,41,44,48-49H,4-6,11-40,42-43,56H2,1-3H3,(H,58,69)(H,59,66)(H,60,65)(H,61,67)(H3,55,57,68)/t48-,49-/m0/s1. The van der Waals surface area contributed by atoms with E-state index in [1.165, 1.54) is 0 Å². The Hall–Kier alpha value is -5.29. The highest BCUT2D eigenvalue weighted by atomic mass is 16.6. The molecule has 0 unspecified atom stereocenters. The topological polar surface area (TPSA) is 367 Å². The van der Waals surface area contributed by atoms with Gasteiger partial charge in [-0.1, -0.05) is 38.1 Å². The largest absolute Gasteiger partial charge is 0.445 e. The first kappa shape index (κ1) is 74.8. The van der Waals surface area contributed by atoms with Crippen molar-refractivity contribution < 1.29 is 95.1 Å². The highest BCUT2D eigenvalue weighted by Crippen LogP contribution is 2.13. The average Bonchev–Trinajstić information content (AvgIpc) is 4.05. The third-order valence-electron chi connectivity index (χ3n) is 11.0. The fraction of sp³-hybridized carbons (Fsp3) is 0.759. The molecule has 0 saturated carbocycles. The van der Waals surface area contributed by atoms with Crippen LogP contribution < -0.4 is 38.2 Å². The van der Waals surface area contributed by atoms with Crippen molar-refractivity contribution >= 4 is 35.5 Å². The van der Waals surface area contributed by atoms with Crippen molar-refractivity contribution in [2.24, 2.45) is 17.5 Å². The van der Waals surface area contributed by atoms with Gasteiger partial charge in [0.25, 0.3) is 0 Å². The van der Waals surface area contributed by atoms with E-state index < -0.39 is 48.5 Å². The minimum atomic E-state index is -1.03. The molecule has 84 heavy (non-hydrogen) atoms. The van der Waals surface area contributed by atoms with Crippen LogP contribution in [-0.2, 0) is 105 Å². The van der Waals surface area contributed by atoms with Crippen LogP contribution in [0.1, 0.15) is 57.7 Å². The summed E-state index contributed by atoms with van der Waals surface area (Å²) in [5.41, 5.74) is 6.72. The lowest BCUT2D eigenvalue weighted by Gasteiger charge is -2.24. The van der Waals surface area contributed by atoms with Gasteiger partial charge in [0.05, 0.1) is 184 Å². The second kappa shape index (κ2) is 53.2. The molecule has 0 aliphatic carbocycles. The van der Waals surface area contributed by atoms with E-state index in [-0.39, 0.29) is 38.5 Å². The van der Waals surface area contributed by atoms with Crippen LogP contribution in [0.2, 0.25) is 0 Å². The number of amides is 6. The Labute approximate surface area is 493 Å². The molecule has 9 N–H and O–H groups in total. The number of rotatable bonds is 58. The Morgan fingerprint density at radius 3 is 1.42 bits per heavy atom. The van der Waals surface area contributed by atoms with Gasteiger partial charge in [0, 0.05) is 18.8 Å². The molecule has 0 fully saturated rings. The lowest BCUT2D eigenvalue weighted by molar-refractivity contribution is -0.133. The maximum atomic E-state index is 13.4. The second-order valence-corrected chi connectivity index (χ2v) is 18.6. The van der Waals surface area contributed by atoms with Crippen LogP contribution in [0.3, 0.4) is 0 Å². The third-order valence-corrected chi connectivity index (χ3v) is 11.0. The van der Waals surface area contributed by atoms with E-state index in [0.717, 1.165) is 13.0 Å². The van der Waals surface area contributed by atoms with Gasteiger partial charge in [-0.2, -0.15) is 0 Å². The van der Waals surface area contributed by atoms with Gasteiger partial charge in [0.1, 0.15) is 31.0 Å². The fourth-order valence-corrected chi connectivity index (χ4v) is 6.92. The van der Waals surface area contributed by atoms with E-state index in [1.807, 2.05) is 13.8 Å². The maximum absolute atomic E-state index is 13.4. The minimum absolute atomic E-state index is 0.0256. The number of alkyl carbamates (subject to hydrolysis) is 1. The Bertz CT molecular complexity index is 1950. The zero-order valence-electron chi connectivity index (χ0n) is 49.5. The van der Waals surface area contributed by atoms with Crippen LogP contribution in [0, 0.1) is 5.92 Å². The first-order valence-corrected chi connectivity index (χ1v) is 28.6. The molecule has 2 aromatic rings. The molecule has 30 heteroatoms. The summed E-state index contributed by atoms with van der Waals surface area (Å²) in [6, 6.07) is 3.84. The molecule has 30 nitrogen and oxygen atoms in total. The van der Waals surface area contributed by atoms with Crippen molar-refractivity contribution in [1.82, 2.24) is 36.3 Å². The number of nitrogens with two attached hydrogens (primary N) is 2. The predicted octanol–water partition coefficient (Wildman–Crippen LogP) is 0.623. The second-order valence-electron chi connectivity index (χ2n) is 18.6. The van der Waals surface area contributed by atoms with Gasteiger partial charge in [-0.05, 0) is 49.3 Å². The number of aromatic nitrogens is 3. The molecular formula is C54H96N10O20. The SMILES string of the molecule is CCCOCCOCCOCCOCCOCCOCCOCCOCCOCCOCCOCCOCCOCCn1cc(CNC(=O)OCc2ccc(NC(=O)[C@H](CCCNC(N)=O)NC(=O)[C@H](CC(C)C)NC(=O)CON)cc2)nn1. The molecule has 2 rings (SSSR count). The zero-order valence-corrected chi connectivity index (χ0v) is 49.5. The number of urea groups is 1. The molecule has 482 valence electrons. The van der Waals surface area contributed by atoms with E-state index in [4.69, 9.17) is 77.9 Å². The molecule has 2 atom stereocenters. The Morgan fingerprint density at radius 2 is 1.00 bits per heavy atom. The Balaban J connectivity index is 1.39. The van der Waals surface area contributed by atoms with E-state index >= 15 is 0 Å². The van der Waals surface area contributed by atoms with Crippen molar-refractivity contribution in [2.45, 2.75) is 78.2 Å². The number of nitrogens with one attached hydrogen (secondary N) is 5. The maximum Gasteiger partial charge on any atom is 0.407 e. The van der Waals surface area contributed by atoms with Crippen LogP contribution in [0.5, 0.6) is 0 Å². The molecule has 1 aromatic carbocycles. The van der Waals surface area contributed by atoms with Crippen LogP contribution >= 0.6 is 0 Å². The summed E-state index contributed by atoms with van der Waals surface area (Å²) in [5.74, 6) is 3.32. The average molecular weight is 1210 g/mol. The normalized spacial score (nSPS) is 12.1. The van der Waals surface area contributed by atoms with Crippen LogP contribution in [-0.4, -0.2) is 242 Å². The fourth-order valence-electron chi connectivity index (χ4n) is 6.92. The summed E-state index contributed by atoms with van der Waals surface area (Å²) in [6.45, 7) is 18.7. The molecule has 6 amide bonds. The van der Waals surface area contributed by atoms with Crippen molar-refractivity contribution in [2.75, 3.05) is 190 Å². The van der Waals surface area contributed by atoms with Crippen LogP contribution in [0.15, 0.2) is 30.5 Å². The lowest BCUT2D eigenvalue weighted by atomic mass is 10.0. The summed E-state index contributed by atoms with van der Waals surface area (Å²) in [7, 11) is 0. The summed E-state index contributed by atoms with van der Waals surface area (Å²) in [5, 5.41) is 21.3. The Kier molecular flexibility index (Phi) is 47.4. The highest BCUT2D eigenvalue weighted by molar-refractivity contribution is 5.98. The number of anilines is 1. The highest BCUT2D eigenvalue weighted by Gasteiger charge is 2.27. The van der Waals surface area contributed by atoms with Crippen molar-refractivity contribution in [3.05, 3.63) is 41.7 Å². The minimum Gasteiger partial charge on any atom is -0.445 e. The summed E-state index contributed by atoms with van der Waals surface area (Å²) in [4.78, 5) is 66.8. The summed E-state index contributed by atoms with van der Waals surface area (Å²) < 4.78 is 78.4. The number of ether oxygens (including phenoxy) is 14. The molecule has 0 aliphatic heterocycles. The van der Waals surface area contributed by atoms with Gasteiger partial charge in [-0.25, -0.2) is 20.2 Å². The van der Waals surface area contributed by atoms with Gasteiger partial charge in [0.2, 0.25) is 17.7 Å². The lowest BCUT2D eigenvalue weighted by Crippen LogP contribution is -2.53.